The van der Waals surface area contributed by atoms with Crippen molar-refractivity contribution in [3.8, 4) is 0 Å². The van der Waals surface area contributed by atoms with Crippen LogP contribution in [0.2, 0.25) is 0 Å². The molecule has 2 saturated heterocycles. The molecular weight excluding hydrogens is 476 g/mol. The zero-order chi connectivity index (χ0) is 26.7. The minimum atomic E-state index is -0.209. The zero-order valence-corrected chi connectivity index (χ0v) is 24.3. The summed E-state index contributed by atoms with van der Waals surface area (Å²) >= 11 is 0. The molecule has 6 rings (SSSR count). The van der Waals surface area contributed by atoms with E-state index in [0.717, 1.165) is 56.6 Å². The van der Waals surface area contributed by atoms with Crippen LogP contribution in [0.15, 0.2) is 12.7 Å². The number of fused-ring (bicyclic) bond motifs is 5. The summed E-state index contributed by atoms with van der Waals surface area (Å²) in [5.41, 5.74) is 0.343. The summed E-state index contributed by atoms with van der Waals surface area (Å²) in [6, 6.07) is 0.677. The third-order valence-electron chi connectivity index (χ3n) is 13.1. The van der Waals surface area contributed by atoms with Crippen molar-refractivity contribution in [3.05, 3.63) is 12.7 Å². The predicted molar refractivity (Wildman–Crippen MR) is 148 cm³/mol. The van der Waals surface area contributed by atoms with Gasteiger partial charge < -0.3 is 19.1 Å². The number of aliphatic hydroxyl groups is 1. The quantitative estimate of drug-likeness (QED) is 0.325. The van der Waals surface area contributed by atoms with E-state index in [9.17, 15) is 9.90 Å². The molecule has 38 heavy (non-hydrogen) atoms. The van der Waals surface area contributed by atoms with Gasteiger partial charge in [-0.25, -0.2) is 0 Å². The van der Waals surface area contributed by atoms with E-state index in [1.54, 1.807) is 6.92 Å². The lowest BCUT2D eigenvalue weighted by Crippen LogP contribution is -2.63. The highest BCUT2D eigenvalue weighted by Crippen LogP contribution is 2.67. The van der Waals surface area contributed by atoms with Crippen molar-refractivity contribution in [2.45, 2.75) is 103 Å². The molecule has 2 heterocycles. The fourth-order valence-electron chi connectivity index (χ4n) is 11.4. The van der Waals surface area contributed by atoms with Crippen molar-refractivity contribution in [2.75, 3.05) is 45.9 Å². The Bertz CT molecular complexity index is 898. The zero-order valence-electron chi connectivity index (χ0n) is 24.3. The number of ether oxygens (including phenoxy) is 2. The maximum atomic E-state index is 12.5. The molecule has 1 N–H and O–H groups in total. The van der Waals surface area contributed by atoms with Crippen molar-refractivity contribution in [3.63, 3.8) is 0 Å². The van der Waals surface area contributed by atoms with Crippen molar-refractivity contribution in [1.29, 1.82) is 0 Å². The van der Waals surface area contributed by atoms with Crippen LogP contribution in [0.25, 0.3) is 0 Å². The average molecular weight is 530 g/mol. The number of rotatable bonds is 5. The van der Waals surface area contributed by atoms with E-state index in [1.165, 1.54) is 51.6 Å². The number of morpholine rings is 1. The number of carbonyl (C=O) groups is 1. The van der Waals surface area contributed by atoms with Gasteiger partial charge in [0.2, 0.25) is 0 Å². The molecule has 0 amide bonds. The van der Waals surface area contributed by atoms with Crippen LogP contribution in [-0.2, 0) is 14.3 Å². The topological polar surface area (TPSA) is 59.0 Å². The van der Waals surface area contributed by atoms with E-state index in [4.69, 9.17) is 9.47 Å². The molecule has 2 aliphatic heterocycles. The fraction of sp³-hybridized carbons (Fsp3) is 0.906. The lowest BCUT2D eigenvalue weighted by Gasteiger charge is -2.63. The van der Waals surface area contributed by atoms with Crippen LogP contribution in [-0.4, -0.2) is 90.7 Å². The number of esters is 1. The first-order chi connectivity index (χ1) is 18.2. The highest BCUT2D eigenvalue weighted by Gasteiger charge is 2.68. The van der Waals surface area contributed by atoms with Crippen LogP contribution < -0.4 is 0 Å². The second-order valence-corrected chi connectivity index (χ2v) is 14.5. The fourth-order valence-corrected chi connectivity index (χ4v) is 11.4. The molecule has 0 aromatic carbocycles. The molecule has 6 nitrogen and oxygen atoms in total. The van der Waals surface area contributed by atoms with Crippen molar-refractivity contribution < 1.29 is 23.9 Å². The summed E-state index contributed by atoms with van der Waals surface area (Å²) in [5, 5.41) is 11.3. The second-order valence-electron chi connectivity index (χ2n) is 14.5. The van der Waals surface area contributed by atoms with E-state index >= 15 is 0 Å². The van der Waals surface area contributed by atoms with Crippen LogP contribution in [0.4, 0.5) is 0 Å². The van der Waals surface area contributed by atoms with Gasteiger partial charge in [0.1, 0.15) is 6.04 Å². The highest BCUT2D eigenvalue weighted by molar-refractivity contribution is 5.66. The Morgan fingerprint density at radius 2 is 1.76 bits per heavy atom. The second kappa shape index (κ2) is 10.2. The third-order valence-corrected chi connectivity index (χ3v) is 13.1. The van der Waals surface area contributed by atoms with Gasteiger partial charge in [0.25, 0.3) is 0 Å². The van der Waals surface area contributed by atoms with Crippen LogP contribution in [0, 0.1) is 34.5 Å². The van der Waals surface area contributed by atoms with E-state index < -0.39 is 0 Å². The summed E-state index contributed by atoms with van der Waals surface area (Å²) in [7, 11) is 0. The van der Waals surface area contributed by atoms with Gasteiger partial charge in [-0.3, -0.25) is 9.69 Å². The number of nitrogens with zero attached hydrogens (tertiary/aromatic N) is 2. The Hall–Kier alpha value is -0.950. The molecule has 0 unspecified atom stereocenters. The van der Waals surface area contributed by atoms with Crippen LogP contribution in [0.1, 0.15) is 78.6 Å². The first-order valence-corrected chi connectivity index (χ1v) is 15.9. The van der Waals surface area contributed by atoms with Crippen molar-refractivity contribution in [2.24, 2.45) is 34.5 Å². The van der Waals surface area contributed by atoms with Gasteiger partial charge in [-0.2, -0.15) is 0 Å². The summed E-state index contributed by atoms with van der Waals surface area (Å²) in [4.78, 5) is 15.1. The normalized spacial score (nSPS) is 48.5. The van der Waals surface area contributed by atoms with Crippen molar-refractivity contribution in [1.82, 2.24) is 4.90 Å². The molecule has 4 aliphatic carbocycles. The smallest absolute Gasteiger partial charge is 0.303 e. The average Bonchev–Trinajstić information content (AvgIpc) is 3.48. The lowest BCUT2D eigenvalue weighted by atomic mass is 9.44. The minimum Gasteiger partial charge on any atom is -0.456 e. The number of aliphatic hydroxyl groups excluding tert-OH is 1. The van der Waals surface area contributed by atoms with E-state index in [1.807, 2.05) is 0 Å². The maximum Gasteiger partial charge on any atom is 0.303 e. The third kappa shape index (κ3) is 4.14. The van der Waals surface area contributed by atoms with Gasteiger partial charge in [-0.1, -0.05) is 20.4 Å². The summed E-state index contributed by atoms with van der Waals surface area (Å²) < 4.78 is 13.1. The van der Waals surface area contributed by atoms with Gasteiger partial charge in [0.15, 0.2) is 6.10 Å². The standard InChI is InChI=1S/C32H53N2O4/c1-5-16-34(17-6-7-18-34)27-21-26-23-8-9-25-29(33-14-19-37-20-15-33)28(36)11-13-31(25,3)24(23)10-12-32(26,4)30(27)38-22(2)35/h5,23-30,36H,1,6-21H2,2-4H3/q+1/t23-,24+,25+,26+,27+,28-,29-,30+,31-,32+/m1/s1. The summed E-state index contributed by atoms with van der Waals surface area (Å²) in [6.07, 6.45) is 12.6. The Balaban J connectivity index is 1.31. The Kier molecular flexibility index (Phi) is 7.27. The van der Waals surface area contributed by atoms with Gasteiger partial charge in [0.05, 0.1) is 39.0 Å². The molecule has 214 valence electrons. The molecule has 6 heteroatoms. The molecule has 10 atom stereocenters. The number of carbonyl (C=O) groups excluding carboxylic acids is 1. The van der Waals surface area contributed by atoms with Gasteiger partial charge in [0, 0.05) is 50.7 Å². The molecule has 4 saturated carbocycles. The Labute approximate surface area is 230 Å². The van der Waals surface area contributed by atoms with Crippen molar-refractivity contribution >= 4 is 5.97 Å². The molecule has 0 radical (unpaired) electrons. The van der Waals surface area contributed by atoms with Gasteiger partial charge in [-0.15, -0.1) is 0 Å². The summed E-state index contributed by atoms with van der Waals surface area (Å²) in [6.45, 7) is 17.7. The van der Waals surface area contributed by atoms with Gasteiger partial charge in [-0.05, 0) is 73.7 Å². The highest BCUT2D eigenvalue weighted by atomic mass is 16.5. The van der Waals surface area contributed by atoms with Crippen LogP contribution in [0.3, 0.4) is 0 Å². The monoisotopic (exact) mass is 529 g/mol. The maximum absolute atomic E-state index is 12.5. The molecule has 0 aromatic rings. The summed E-state index contributed by atoms with van der Waals surface area (Å²) in [5.74, 6) is 2.48. The number of hydrogen-bond acceptors (Lipinski definition) is 5. The van der Waals surface area contributed by atoms with E-state index in [2.05, 4.69) is 31.4 Å². The molecule has 0 spiro atoms. The molecule has 0 aromatic heterocycles. The van der Waals surface area contributed by atoms with Crippen LogP contribution in [0.5, 0.6) is 0 Å². The largest absolute Gasteiger partial charge is 0.456 e. The lowest BCUT2D eigenvalue weighted by molar-refractivity contribution is -0.937. The molecule has 6 fully saturated rings. The number of quaternary nitrogens is 1. The van der Waals surface area contributed by atoms with Gasteiger partial charge >= 0.3 is 5.97 Å². The first kappa shape index (κ1) is 27.2. The Morgan fingerprint density at radius 3 is 2.45 bits per heavy atom. The Morgan fingerprint density at radius 1 is 1.05 bits per heavy atom. The SMILES string of the molecule is C=CC[N+]1([C@H]2C[C@H]3[C@@H]4CC[C@H]5[C@@H](N6CCOCC6)[C@H](O)CC[C@]5(C)[C@H]4CC[C@]3(C)[C@H]2OC(C)=O)CCCC1. The predicted octanol–water partition coefficient (Wildman–Crippen LogP) is 4.41. The first-order valence-electron chi connectivity index (χ1n) is 15.9. The van der Waals surface area contributed by atoms with E-state index in [0.29, 0.717) is 29.7 Å². The molecule has 0 bridgehead atoms. The molecule has 6 aliphatic rings. The number of hydrogen-bond donors (Lipinski definition) is 1. The molecular formula is C32H53N2O4+. The van der Waals surface area contributed by atoms with Crippen LogP contribution >= 0.6 is 0 Å². The number of likely N-dealkylation sites (tertiary alicyclic amines) is 1. The van der Waals surface area contributed by atoms with E-state index in [-0.39, 0.29) is 35.0 Å². The minimum absolute atomic E-state index is 0.0174.